The van der Waals surface area contributed by atoms with Gasteiger partial charge in [-0.1, -0.05) is 118 Å². The topological polar surface area (TPSA) is 57.3 Å². The molecule has 2 heterocycles. The number of benzene rings is 1. The molecule has 0 radical (unpaired) electrons. The van der Waals surface area contributed by atoms with Crippen LogP contribution in [0.2, 0.25) is 5.02 Å². The average molecular weight is 547 g/mol. The van der Waals surface area contributed by atoms with E-state index in [1.807, 2.05) is 36.6 Å². The molecule has 7 heteroatoms. The van der Waals surface area contributed by atoms with Gasteiger partial charge >= 0.3 is 5.76 Å². The van der Waals surface area contributed by atoms with E-state index in [4.69, 9.17) is 20.9 Å². The number of hydrogen-bond donors (Lipinski definition) is 0. The Hall–Kier alpha value is -1.76. The van der Waals surface area contributed by atoms with Crippen LogP contribution in [0.5, 0.6) is 0 Å². The van der Waals surface area contributed by atoms with E-state index < -0.39 is 10.7 Å². The SMILES string of the molecule is CCCCCCCC/C=C\CCCCCCCCO[C@@]1(c2ccc(Cl)cc2)SC=C(C)n2c1noc2=O. The van der Waals surface area contributed by atoms with Crippen molar-refractivity contribution in [3.63, 3.8) is 0 Å². The molecule has 0 spiro atoms. The van der Waals surface area contributed by atoms with E-state index in [1.165, 1.54) is 93.4 Å². The van der Waals surface area contributed by atoms with Crippen LogP contribution in [0.15, 0.2) is 51.1 Å². The third kappa shape index (κ3) is 8.90. The number of allylic oxidation sites excluding steroid dienone is 3. The van der Waals surface area contributed by atoms with E-state index >= 15 is 0 Å². The predicted octanol–water partition coefficient (Wildman–Crippen LogP) is 9.31. The van der Waals surface area contributed by atoms with Gasteiger partial charge in [0.05, 0.1) is 0 Å². The van der Waals surface area contributed by atoms with Crippen LogP contribution >= 0.6 is 23.4 Å². The molecule has 0 fully saturated rings. The fraction of sp³-hybridized carbons (Fsp3) is 0.600. The molecule has 1 aliphatic rings. The monoisotopic (exact) mass is 546 g/mol. The molecule has 2 aromatic rings. The standard InChI is InChI=1S/C30H43ClN2O3S/c1-3-4-5-6-7-8-9-10-11-12-13-14-15-16-17-18-23-35-30(26-19-21-27(31)22-20-26)28-32-36-29(34)33(28)25(2)24-37-30/h10-11,19-22,24H,3-9,12-18,23H2,1-2H3/b11-10-/t30-/m0/s1. The van der Waals surface area contributed by atoms with Gasteiger partial charge in [-0.05, 0) is 56.6 Å². The molecule has 0 bridgehead atoms. The first-order valence-electron chi connectivity index (χ1n) is 14.1. The third-order valence-corrected chi connectivity index (χ3v) is 8.41. The highest BCUT2D eigenvalue weighted by molar-refractivity contribution is 8.03. The summed E-state index contributed by atoms with van der Waals surface area (Å²) in [6.45, 7) is 4.71. The van der Waals surface area contributed by atoms with Crippen molar-refractivity contribution in [2.45, 2.75) is 109 Å². The van der Waals surface area contributed by atoms with Gasteiger partial charge in [-0.2, -0.15) is 0 Å². The summed E-state index contributed by atoms with van der Waals surface area (Å²) in [7, 11) is 0. The van der Waals surface area contributed by atoms with E-state index in [-0.39, 0.29) is 0 Å². The van der Waals surface area contributed by atoms with Gasteiger partial charge in [-0.3, -0.25) is 4.52 Å². The van der Waals surface area contributed by atoms with Crippen LogP contribution in [0.3, 0.4) is 0 Å². The first kappa shape index (κ1) is 29.8. The van der Waals surface area contributed by atoms with Crippen LogP contribution in [0.1, 0.15) is 115 Å². The number of fused-ring (bicyclic) bond motifs is 1. The van der Waals surface area contributed by atoms with Gasteiger partial charge in [0.2, 0.25) is 10.8 Å². The van der Waals surface area contributed by atoms with Crippen molar-refractivity contribution in [1.82, 2.24) is 9.72 Å². The zero-order valence-electron chi connectivity index (χ0n) is 22.6. The summed E-state index contributed by atoms with van der Waals surface area (Å²) >= 11 is 7.63. The molecular formula is C30H43ClN2O3S. The maximum atomic E-state index is 12.3. The van der Waals surface area contributed by atoms with E-state index in [0.717, 1.165) is 24.1 Å². The molecule has 1 aromatic heterocycles. The highest BCUT2D eigenvalue weighted by Gasteiger charge is 2.44. The zero-order valence-corrected chi connectivity index (χ0v) is 24.1. The highest BCUT2D eigenvalue weighted by Crippen LogP contribution is 2.47. The van der Waals surface area contributed by atoms with Crippen molar-refractivity contribution in [3.8, 4) is 0 Å². The molecule has 0 saturated carbocycles. The van der Waals surface area contributed by atoms with Gasteiger partial charge in [0.25, 0.3) is 0 Å². The molecule has 37 heavy (non-hydrogen) atoms. The molecule has 0 unspecified atom stereocenters. The molecule has 0 saturated heterocycles. The quantitative estimate of drug-likeness (QED) is 0.138. The second-order valence-electron chi connectivity index (χ2n) is 9.89. The van der Waals surface area contributed by atoms with Crippen LogP contribution in [0.4, 0.5) is 0 Å². The number of hydrogen-bond acceptors (Lipinski definition) is 5. The number of unbranched alkanes of at least 4 members (excludes halogenated alkanes) is 12. The Kier molecular flexibility index (Phi) is 13.1. The lowest BCUT2D eigenvalue weighted by atomic mass is 10.1. The van der Waals surface area contributed by atoms with Gasteiger partial charge in [0.1, 0.15) is 0 Å². The summed E-state index contributed by atoms with van der Waals surface area (Å²) in [6, 6.07) is 7.52. The van der Waals surface area contributed by atoms with Crippen molar-refractivity contribution in [2.24, 2.45) is 0 Å². The van der Waals surface area contributed by atoms with Crippen LogP contribution in [-0.2, 0) is 9.67 Å². The Morgan fingerprint density at radius 1 is 0.946 bits per heavy atom. The molecule has 204 valence electrons. The molecule has 0 N–H and O–H groups in total. The maximum Gasteiger partial charge on any atom is 0.446 e. The summed E-state index contributed by atoms with van der Waals surface area (Å²) in [4.78, 5) is 11.4. The Balaban J connectivity index is 1.35. The minimum Gasteiger partial charge on any atom is -0.352 e. The molecule has 1 atom stereocenters. The third-order valence-electron chi connectivity index (χ3n) is 6.83. The van der Waals surface area contributed by atoms with Crippen molar-refractivity contribution < 1.29 is 9.26 Å². The Bertz CT molecular complexity index is 1040. The Labute approximate surface area is 231 Å². The maximum absolute atomic E-state index is 12.3. The molecule has 0 aliphatic carbocycles. The first-order valence-corrected chi connectivity index (χ1v) is 15.3. The normalized spacial score (nSPS) is 17.3. The molecule has 1 aromatic carbocycles. The minimum atomic E-state index is -0.932. The lowest BCUT2D eigenvalue weighted by Crippen LogP contribution is -2.35. The second-order valence-corrected chi connectivity index (χ2v) is 11.4. The summed E-state index contributed by atoms with van der Waals surface area (Å²) in [5.41, 5.74) is 1.66. The van der Waals surface area contributed by atoms with Gasteiger partial charge in [0.15, 0.2) is 0 Å². The van der Waals surface area contributed by atoms with Crippen LogP contribution < -0.4 is 5.76 Å². The highest BCUT2D eigenvalue weighted by atomic mass is 35.5. The second kappa shape index (κ2) is 16.3. The van der Waals surface area contributed by atoms with Crippen LogP contribution in [0, 0.1) is 0 Å². The molecule has 0 amide bonds. The molecular weight excluding hydrogens is 504 g/mol. The number of aromatic nitrogens is 2. The van der Waals surface area contributed by atoms with Crippen LogP contribution in [0.25, 0.3) is 5.70 Å². The van der Waals surface area contributed by atoms with Crippen molar-refractivity contribution >= 4 is 29.1 Å². The molecule has 3 rings (SSSR count). The summed E-state index contributed by atoms with van der Waals surface area (Å²) < 4.78 is 13.0. The fourth-order valence-electron chi connectivity index (χ4n) is 4.66. The summed E-state index contributed by atoms with van der Waals surface area (Å²) in [5.74, 6) is -0.0300. The van der Waals surface area contributed by atoms with Crippen molar-refractivity contribution in [1.29, 1.82) is 0 Å². The van der Waals surface area contributed by atoms with Gasteiger partial charge < -0.3 is 4.74 Å². The lowest BCUT2D eigenvalue weighted by molar-refractivity contribution is 0.0408. The van der Waals surface area contributed by atoms with Gasteiger partial charge in [-0.25, -0.2) is 9.36 Å². The number of nitrogens with zero attached hydrogens (tertiary/aromatic N) is 2. The molecule has 1 aliphatic heterocycles. The first-order chi connectivity index (χ1) is 18.1. The van der Waals surface area contributed by atoms with Gasteiger partial charge in [-0.15, -0.1) is 0 Å². The minimum absolute atomic E-state index is 0.467. The molecule has 5 nitrogen and oxygen atoms in total. The summed E-state index contributed by atoms with van der Waals surface area (Å²) in [5, 5.41) is 6.69. The number of halogens is 1. The Morgan fingerprint density at radius 3 is 2.19 bits per heavy atom. The van der Waals surface area contributed by atoms with E-state index in [0.29, 0.717) is 17.5 Å². The number of thioether (sulfide) groups is 1. The van der Waals surface area contributed by atoms with Gasteiger partial charge in [0, 0.05) is 22.9 Å². The van der Waals surface area contributed by atoms with Crippen LogP contribution in [-0.4, -0.2) is 16.3 Å². The predicted molar refractivity (Wildman–Crippen MR) is 156 cm³/mol. The van der Waals surface area contributed by atoms with E-state index in [2.05, 4.69) is 24.2 Å². The lowest BCUT2D eigenvalue weighted by Gasteiger charge is -2.34. The number of rotatable bonds is 18. The average Bonchev–Trinajstić information content (AvgIpc) is 3.30. The number of ether oxygens (including phenoxy) is 1. The Morgan fingerprint density at radius 2 is 1.54 bits per heavy atom. The zero-order chi connectivity index (χ0) is 26.3. The van der Waals surface area contributed by atoms with Crippen molar-refractivity contribution in [2.75, 3.05) is 6.61 Å². The fourth-order valence-corrected chi connectivity index (χ4v) is 5.88. The largest absolute Gasteiger partial charge is 0.446 e. The van der Waals surface area contributed by atoms with Crippen molar-refractivity contribution in [3.05, 3.63) is 68.8 Å². The van der Waals surface area contributed by atoms with E-state index in [9.17, 15) is 4.79 Å². The smallest absolute Gasteiger partial charge is 0.352 e. The van der Waals surface area contributed by atoms with E-state index in [1.54, 1.807) is 0 Å². The summed E-state index contributed by atoms with van der Waals surface area (Å²) in [6.07, 6.45) is 22.5.